The van der Waals surface area contributed by atoms with Gasteiger partial charge < -0.3 is 49.3 Å². The molecule has 1 aromatic carbocycles. The number of nitrogens with two attached hydrogens (primary N) is 1. The second kappa shape index (κ2) is 16.1. The third kappa shape index (κ3) is 10.2. The van der Waals surface area contributed by atoms with E-state index in [0.717, 1.165) is 4.90 Å². The highest BCUT2D eigenvalue weighted by Crippen LogP contribution is 2.36. The molecule has 1 aromatic heterocycles. The van der Waals surface area contributed by atoms with E-state index in [-0.39, 0.29) is 73.5 Å². The van der Waals surface area contributed by atoms with Crippen LogP contribution in [-0.4, -0.2) is 101 Å². The van der Waals surface area contributed by atoms with Crippen molar-refractivity contribution >= 4 is 30.0 Å². The summed E-state index contributed by atoms with van der Waals surface area (Å²) in [6, 6.07) is 1.50. The van der Waals surface area contributed by atoms with Crippen LogP contribution >= 0.6 is 0 Å². The molecule has 2 heterocycles. The Kier molecular flexibility index (Phi) is 12.5. The van der Waals surface area contributed by atoms with E-state index in [0.29, 0.717) is 6.42 Å². The number of ether oxygens (including phenoxy) is 4. The van der Waals surface area contributed by atoms with Crippen molar-refractivity contribution in [3.8, 4) is 23.0 Å². The zero-order chi connectivity index (χ0) is 35.8. The van der Waals surface area contributed by atoms with Crippen molar-refractivity contribution in [2.24, 2.45) is 5.73 Å². The van der Waals surface area contributed by atoms with Gasteiger partial charge in [-0.25, -0.2) is 14.6 Å². The number of nitrogens with zero attached hydrogens (tertiary/aromatic N) is 3. The maximum absolute atomic E-state index is 14.0. The summed E-state index contributed by atoms with van der Waals surface area (Å²) in [4.78, 5) is 68.6. The van der Waals surface area contributed by atoms with Gasteiger partial charge >= 0.3 is 24.8 Å². The molecule has 2 aromatic rings. The molecule has 0 spiro atoms. The largest absolute Gasteiger partial charge is 0.490 e. The lowest BCUT2D eigenvalue weighted by atomic mass is 10.1. The summed E-state index contributed by atoms with van der Waals surface area (Å²) in [5, 5.41) is 11.4. The van der Waals surface area contributed by atoms with Crippen LogP contribution in [0.5, 0.6) is 11.5 Å². The van der Waals surface area contributed by atoms with Crippen LogP contribution in [0.15, 0.2) is 22.6 Å². The van der Waals surface area contributed by atoms with Crippen LogP contribution in [-0.2, 0) is 19.1 Å². The monoisotopic (exact) mass is 683 g/mol. The van der Waals surface area contributed by atoms with Gasteiger partial charge in [-0.15, -0.1) is 0 Å². The number of rotatable bonds is 13. The average molecular weight is 684 g/mol. The standard InChI is InChI=1S/C30H39F2N5O11/c1-16(34-28(42)48-30(2,3)4)23-22(26(41)37-12-11-36(29(43)44-5)15-18(37)24(33)40)35-25(47-23)17-9-10-19(46-27(31)32)20(14-17)45-13-7-6-8-21(38)39/h9-10,14,16,18,27H,6-8,11-13,15H2,1-5H3,(H2,33,40)(H,34,42)(H,38,39)/t16-,18?/m0/s1. The van der Waals surface area contributed by atoms with Crippen molar-refractivity contribution in [1.29, 1.82) is 0 Å². The number of carbonyl (C=O) groups is 5. The molecule has 1 saturated heterocycles. The SMILES string of the molecule is COC(=O)N1CCN(C(=O)c2nc(-c3ccc(OC(F)F)c(OCCCCC(=O)O)c3)oc2[C@H](C)NC(=O)OC(C)(C)C)C(C(N)=O)C1. The van der Waals surface area contributed by atoms with E-state index in [9.17, 15) is 32.8 Å². The molecule has 1 aliphatic rings. The van der Waals surface area contributed by atoms with Gasteiger partial charge in [0.1, 0.15) is 11.6 Å². The van der Waals surface area contributed by atoms with Crippen LogP contribution in [0.25, 0.3) is 11.5 Å². The Labute approximate surface area is 274 Å². The number of methoxy groups -OCH3 is 1. The summed E-state index contributed by atoms with van der Waals surface area (Å²) in [5.74, 6) is -3.48. The van der Waals surface area contributed by atoms with Crippen LogP contribution in [0.3, 0.4) is 0 Å². The quantitative estimate of drug-likeness (QED) is 0.259. The molecule has 0 aliphatic carbocycles. The van der Waals surface area contributed by atoms with Gasteiger partial charge in [-0.2, -0.15) is 8.78 Å². The molecule has 0 bridgehead atoms. The third-order valence-corrected chi connectivity index (χ3v) is 6.83. The van der Waals surface area contributed by atoms with E-state index in [1.807, 2.05) is 0 Å². The number of carbonyl (C=O) groups excluding carboxylic acids is 4. The fourth-order valence-corrected chi connectivity index (χ4v) is 4.66. The number of hydrogen-bond donors (Lipinski definition) is 3. The Balaban J connectivity index is 2.02. The van der Waals surface area contributed by atoms with E-state index in [2.05, 4.69) is 15.0 Å². The summed E-state index contributed by atoms with van der Waals surface area (Å²) in [6.07, 6.45) is -1.09. The predicted molar refractivity (Wildman–Crippen MR) is 161 cm³/mol. The molecule has 2 atom stereocenters. The number of hydrogen-bond acceptors (Lipinski definition) is 11. The zero-order valence-corrected chi connectivity index (χ0v) is 27.1. The van der Waals surface area contributed by atoms with Crippen molar-refractivity contribution in [2.75, 3.05) is 33.4 Å². The highest BCUT2D eigenvalue weighted by molar-refractivity contribution is 5.97. The van der Waals surface area contributed by atoms with Crippen molar-refractivity contribution in [3.05, 3.63) is 29.7 Å². The van der Waals surface area contributed by atoms with E-state index in [1.165, 1.54) is 37.1 Å². The van der Waals surface area contributed by atoms with Crippen molar-refractivity contribution < 1.29 is 61.2 Å². The minimum atomic E-state index is -3.18. The van der Waals surface area contributed by atoms with Gasteiger partial charge in [-0.3, -0.25) is 14.4 Å². The number of carboxylic acids is 1. The number of oxazole rings is 1. The van der Waals surface area contributed by atoms with Crippen molar-refractivity contribution in [2.45, 2.75) is 71.3 Å². The minimum Gasteiger partial charge on any atom is -0.490 e. The summed E-state index contributed by atoms with van der Waals surface area (Å²) in [5.41, 5.74) is 4.59. The molecule has 4 N–H and O–H groups in total. The highest BCUT2D eigenvalue weighted by atomic mass is 19.3. The first-order valence-electron chi connectivity index (χ1n) is 14.9. The van der Waals surface area contributed by atoms with E-state index in [4.69, 9.17) is 29.5 Å². The number of benzene rings is 1. The number of halogens is 2. The molecule has 48 heavy (non-hydrogen) atoms. The molecule has 1 aliphatic heterocycles. The summed E-state index contributed by atoms with van der Waals surface area (Å²) >= 11 is 0. The maximum atomic E-state index is 14.0. The zero-order valence-electron chi connectivity index (χ0n) is 27.1. The third-order valence-electron chi connectivity index (χ3n) is 6.83. The van der Waals surface area contributed by atoms with Gasteiger partial charge in [0.2, 0.25) is 11.8 Å². The number of aliphatic carboxylic acids is 1. The van der Waals surface area contributed by atoms with Crippen LogP contribution in [0.1, 0.15) is 69.2 Å². The molecule has 1 fully saturated rings. The van der Waals surface area contributed by atoms with E-state index < -0.39 is 54.3 Å². The lowest BCUT2D eigenvalue weighted by molar-refractivity contribution is -0.137. The lowest BCUT2D eigenvalue weighted by Crippen LogP contribution is -2.61. The topological polar surface area (TPSA) is 213 Å². The molecular weight excluding hydrogens is 644 g/mol. The molecular formula is C30H39F2N5O11. The molecule has 0 radical (unpaired) electrons. The lowest BCUT2D eigenvalue weighted by Gasteiger charge is -2.38. The van der Waals surface area contributed by atoms with Gasteiger partial charge in [0.05, 0.1) is 26.3 Å². The van der Waals surface area contributed by atoms with Gasteiger partial charge in [-0.1, -0.05) is 0 Å². The Bertz CT molecular complexity index is 1490. The molecule has 264 valence electrons. The van der Waals surface area contributed by atoms with Gasteiger partial charge in [-0.05, 0) is 58.7 Å². The number of carboxylic acid groups (broad SMARTS) is 1. The number of alkyl halides is 2. The molecule has 18 heteroatoms. The summed E-state index contributed by atoms with van der Waals surface area (Å²) in [6.45, 7) is 2.89. The number of amides is 4. The second-order valence-corrected chi connectivity index (χ2v) is 11.7. The van der Waals surface area contributed by atoms with Gasteiger partial charge in [0, 0.05) is 25.1 Å². The van der Waals surface area contributed by atoms with Crippen LogP contribution in [0.4, 0.5) is 18.4 Å². The van der Waals surface area contributed by atoms with E-state index >= 15 is 0 Å². The number of piperazine rings is 1. The number of aromatic nitrogens is 1. The molecule has 3 rings (SSSR count). The molecule has 1 unspecified atom stereocenters. The first-order valence-corrected chi connectivity index (χ1v) is 14.9. The molecule has 16 nitrogen and oxygen atoms in total. The Morgan fingerprint density at radius 1 is 1.15 bits per heavy atom. The number of unbranched alkanes of at least 4 members (excludes halogenated alkanes) is 1. The Morgan fingerprint density at radius 2 is 1.85 bits per heavy atom. The fraction of sp³-hybridized carbons (Fsp3) is 0.533. The molecule has 4 amide bonds. The molecule has 0 saturated carbocycles. The van der Waals surface area contributed by atoms with Crippen LogP contribution in [0.2, 0.25) is 0 Å². The summed E-state index contributed by atoms with van der Waals surface area (Å²) < 4.78 is 52.5. The predicted octanol–water partition coefficient (Wildman–Crippen LogP) is 3.54. The highest BCUT2D eigenvalue weighted by Gasteiger charge is 2.39. The second-order valence-electron chi connectivity index (χ2n) is 11.7. The van der Waals surface area contributed by atoms with Crippen LogP contribution < -0.4 is 20.5 Å². The smallest absolute Gasteiger partial charge is 0.409 e. The Hall–Kier alpha value is -5.16. The van der Waals surface area contributed by atoms with Gasteiger partial charge in [0.15, 0.2) is 23.0 Å². The van der Waals surface area contributed by atoms with Crippen LogP contribution in [0, 0.1) is 0 Å². The van der Waals surface area contributed by atoms with Crippen molar-refractivity contribution in [1.82, 2.24) is 20.1 Å². The minimum absolute atomic E-state index is 0.00666. The number of alkyl carbamates (subject to hydrolysis) is 1. The fourth-order valence-electron chi connectivity index (χ4n) is 4.66. The van der Waals surface area contributed by atoms with Crippen molar-refractivity contribution in [3.63, 3.8) is 0 Å². The Morgan fingerprint density at radius 3 is 2.46 bits per heavy atom. The van der Waals surface area contributed by atoms with Gasteiger partial charge in [0.25, 0.3) is 5.91 Å². The number of primary amides is 1. The van der Waals surface area contributed by atoms with E-state index in [1.54, 1.807) is 20.8 Å². The first kappa shape index (κ1) is 37.3. The normalized spacial score (nSPS) is 15.5. The average Bonchev–Trinajstić information content (AvgIpc) is 3.45. The summed E-state index contributed by atoms with van der Waals surface area (Å²) in [7, 11) is 1.17. The number of nitrogens with one attached hydrogen (secondary N) is 1. The maximum Gasteiger partial charge on any atom is 0.409 e. The first-order chi connectivity index (χ1) is 22.5.